The normalized spacial score (nSPS) is 23.6. The van der Waals surface area contributed by atoms with Crippen molar-refractivity contribution in [1.29, 1.82) is 0 Å². The van der Waals surface area contributed by atoms with E-state index in [0.717, 1.165) is 0 Å². The van der Waals surface area contributed by atoms with Gasteiger partial charge in [-0.1, -0.05) is 0 Å². The first-order valence-corrected chi connectivity index (χ1v) is 2.77. The molecule has 0 saturated heterocycles. The minimum absolute atomic E-state index is 0.0235. The standard InChI is InChI=1S/C6H4O3/c7-3-1-2-4(8)6-5(3)9-6/h1-2H2. The van der Waals surface area contributed by atoms with Gasteiger partial charge in [0.25, 0.3) is 0 Å². The molecule has 3 nitrogen and oxygen atoms in total. The van der Waals surface area contributed by atoms with E-state index in [0.29, 0.717) is 24.4 Å². The van der Waals surface area contributed by atoms with Crippen molar-refractivity contribution in [3.63, 3.8) is 0 Å². The molecule has 0 aromatic heterocycles. The van der Waals surface area contributed by atoms with E-state index in [4.69, 9.17) is 0 Å². The molecular formula is C6H4O3. The highest BCUT2D eigenvalue weighted by molar-refractivity contribution is 6.13. The lowest BCUT2D eigenvalue weighted by Gasteiger charge is -1.90. The summed E-state index contributed by atoms with van der Waals surface area (Å²) in [5.41, 5.74) is 0. The molecule has 0 aromatic carbocycles. The fourth-order valence-corrected chi connectivity index (χ4v) is 0.898. The number of ketones is 2. The van der Waals surface area contributed by atoms with Crippen LogP contribution in [-0.4, -0.2) is 11.6 Å². The van der Waals surface area contributed by atoms with Crippen LogP contribution in [0.4, 0.5) is 0 Å². The van der Waals surface area contributed by atoms with Gasteiger partial charge in [-0.3, -0.25) is 9.59 Å². The van der Waals surface area contributed by atoms with Crippen LogP contribution in [0.5, 0.6) is 0 Å². The Balaban J connectivity index is 2.38. The largest absolute Gasteiger partial charge is 0.442 e. The average molecular weight is 124 g/mol. The molecule has 1 aliphatic heterocycles. The summed E-state index contributed by atoms with van der Waals surface area (Å²) in [7, 11) is 0. The van der Waals surface area contributed by atoms with E-state index in [-0.39, 0.29) is 11.6 Å². The van der Waals surface area contributed by atoms with Crippen molar-refractivity contribution in [3.05, 3.63) is 11.5 Å². The summed E-state index contributed by atoms with van der Waals surface area (Å²) in [5, 5.41) is 0. The third-order valence-corrected chi connectivity index (χ3v) is 1.45. The molecule has 2 aliphatic rings. The van der Waals surface area contributed by atoms with Gasteiger partial charge in [0.05, 0.1) is 0 Å². The van der Waals surface area contributed by atoms with E-state index in [1.165, 1.54) is 0 Å². The Morgan fingerprint density at radius 2 is 1.44 bits per heavy atom. The number of rotatable bonds is 0. The lowest BCUT2D eigenvalue weighted by molar-refractivity contribution is -0.121. The van der Waals surface area contributed by atoms with Crippen LogP contribution < -0.4 is 0 Å². The van der Waals surface area contributed by atoms with Gasteiger partial charge in [-0.25, -0.2) is 0 Å². The maximum Gasteiger partial charge on any atom is 0.216 e. The molecule has 3 heteroatoms. The van der Waals surface area contributed by atoms with Gasteiger partial charge in [0.2, 0.25) is 23.1 Å². The van der Waals surface area contributed by atoms with E-state index in [9.17, 15) is 9.59 Å². The molecule has 0 aromatic rings. The number of hydrogen-bond donors (Lipinski definition) is 0. The van der Waals surface area contributed by atoms with Gasteiger partial charge in [-0.2, -0.15) is 0 Å². The molecule has 0 atom stereocenters. The van der Waals surface area contributed by atoms with E-state index < -0.39 is 0 Å². The SMILES string of the molecule is O=C1CCC(=O)C2=C1O2. The molecule has 0 spiro atoms. The maximum absolute atomic E-state index is 10.6. The molecule has 0 unspecified atom stereocenters. The highest BCUT2D eigenvalue weighted by atomic mass is 16.6. The summed E-state index contributed by atoms with van der Waals surface area (Å²) < 4.78 is 4.64. The first kappa shape index (κ1) is 4.73. The van der Waals surface area contributed by atoms with Gasteiger partial charge in [0.1, 0.15) is 0 Å². The van der Waals surface area contributed by atoms with Gasteiger partial charge in [-0.05, 0) is 0 Å². The quantitative estimate of drug-likeness (QED) is 0.462. The van der Waals surface area contributed by atoms with Crippen molar-refractivity contribution in [2.24, 2.45) is 0 Å². The molecule has 0 N–H and O–H groups in total. The number of hydrogen-bond acceptors (Lipinski definition) is 3. The van der Waals surface area contributed by atoms with Crippen LogP contribution in [0.3, 0.4) is 0 Å². The second kappa shape index (κ2) is 1.23. The second-order valence-corrected chi connectivity index (χ2v) is 2.11. The van der Waals surface area contributed by atoms with Crippen LogP contribution >= 0.6 is 0 Å². The van der Waals surface area contributed by atoms with Crippen molar-refractivity contribution in [3.8, 4) is 0 Å². The van der Waals surface area contributed by atoms with Gasteiger partial charge in [-0.15, -0.1) is 0 Å². The summed E-state index contributed by atoms with van der Waals surface area (Å²) in [6.07, 6.45) is 0.662. The minimum Gasteiger partial charge on any atom is -0.442 e. The first-order valence-electron chi connectivity index (χ1n) is 2.77. The third-order valence-electron chi connectivity index (χ3n) is 1.45. The summed E-state index contributed by atoms with van der Waals surface area (Å²) in [4.78, 5) is 21.3. The third kappa shape index (κ3) is 0.512. The molecule has 0 saturated carbocycles. The number of carbonyl (C=O) groups excluding carboxylic acids is 2. The Hall–Kier alpha value is -1.12. The maximum atomic E-state index is 10.6. The number of carbonyl (C=O) groups is 2. The number of ether oxygens (including phenoxy) is 1. The lowest BCUT2D eigenvalue weighted by atomic mass is 10.1. The molecular weight excluding hydrogens is 120 g/mol. The van der Waals surface area contributed by atoms with E-state index in [1.54, 1.807) is 0 Å². The summed E-state index contributed by atoms with van der Waals surface area (Å²) in [6.45, 7) is 0. The van der Waals surface area contributed by atoms with Gasteiger partial charge in [0, 0.05) is 12.8 Å². The Bertz CT molecular complexity index is 213. The molecule has 9 heavy (non-hydrogen) atoms. The summed E-state index contributed by atoms with van der Waals surface area (Å²) in [5.74, 6) is 0.576. The summed E-state index contributed by atoms with van der Waals surface area (Å²) >= 11 is 0. The van der Waals surface area contributed by atoms with Crippen LogP contribution in [0.2, 0.25) is 0 Å². The van der Waals surface area contributed by atoms with Crippen LogP contribution in [-0.2, 0) is 14.3 Å². The average Bonchev–Trinajstić information content (AvgIpc) is 2.57. The van der Waals surface area contributed by atoms with Crippen molar-refractivity contribution in [2.75, 3.05) is 0 Å². The predicted molar refractivity (Wildman–Crippen MR) is 27.4 cm³/mol. The van der Waals surface area contributed by atoms with Crippen LogP contribution in [0.25, 0.3) is 0 Å². The molecule has 0 fully saturated rings. The Morgan fingerprint density at radius 1 is 1.00 bits per heavy atom. The van der Waals surface area contributed by atoms with Crippen molar-refractivity contribution < 1.29 is 14.3 Å². The fraction of sp³-hybridized carbons (Fsp3) is 0.333. The zero-order chi connectivity index (χ0) is 6.43. The predicted octanol–water partition coefficient (Wildman–Crippen LogP) is 0.160. The molecule has 0 amide bonds. The second-order valence-electron chi connectivity index (χ2n) is 2.11. The molecule has 1 heterocycles. The van der Waals surface area contributed by atoms with Gasteiger partial charge >= 0.3 is 0 Å². The number of allylic oxidation sites excluding steroid dienone is 2. The van der Waals surface area contributed by atoms with Crippen molar-refractivity contribution in [2.45, 2.75) is 12.8 Å². The highest BCUT2D eigenvalue weighted by Crippen LogP contribution is 2.34. The summed E-state index contributed by atoms with van der Waals surface area (Å²) in [6, 6.07) is 0. The molecule has 0 bridgehead atoms. The zero-order valence-corrected chi connectivity index (χ0v) is 4.64. The Labute approximate surface area is 51.3 Å². The van der Waals surface area contributed by atoms with E-state index in [1.807, 2.05) is 0 Å². The molecule has 2 rings (SSSR count). The zero-order valence-electron chi connectivity index (χ0n) is 4.64. The van der Waals surface area contributed by atoms with Crippen molar-refractivity contribution in [1.82, 2.24) is 0 Å². The van der Waals surface area contributed by atoms with Gasteiger partial charge in [0.15, 0.2) is 0 Å². The molecule has 1 aliphatic carbocycles. The topological polar surface area (TPSA) is 46.7 Å². The molecule has 0 radical (unpaired) electrons. The van der Waals surface area contributed by atoms with Crippen molar-refractivity contribution >= 4 is 11.6 Å². The Kier molecular flexibility index (Phi) is 0.649. The smallest absolute Gasteiger partial charge is 0.216 e. The van der Waals surface area contributed by atoms with Crippen LogP contribution in [0, 0.1) is 0 Å². The molecule has 46 valence electrons. The van der Waals surface area contributed by atoms with Gasteiger partial charge < -0.3 is 4.74 Å². The Morgan fingerprint density at radius 3 is 1.89 bits per heavy atom. The minimum atomic E-state index is -0.0235. The van der Waals surface area contributed by atoms with Crippen LogP contribution in [0.15, 0.2) is 11.5 Å². The number of Topliss-reactive ketones (excluding diaryl/α,β-unsaturated/α-hetero) is 2. The van der Waals surface area contributed by atoms with Crippen LogP contribution in [0.1, 0.15) is 12.8 Å². The van der Waals surface area contributed by atoms with E-state index in [2.05, 4.69) is 4.74 Å². The lowest BCUT2D eigenvalue weighted by Crippen LogP contribution is -2.05. The fourth-order valence-electron chi connectivity index (χ4n) is 0.898. The first-order chi connectivity index (χ1) is 4.29. The van der Waals surface area contributed by atoms with E-state index >= 15 is 0 Å². The highest BCUT2D eigenvalue weighted by Gasteiger charge is 2.41. The monoisotopic (exact) mass is 124 g/mol.